The van der Waals surface area contributed by atoms with Crippen LogP contribution in [0.1, 0.15) is 44.4 Å². The molecular formula is C29H24N2O6S. The Balaban J connectivity index is 1.46. The van der Waals surface area contributed by atoms with Crippen LogP contribution in [0.4, 0.5) is 11.4 Å². The van der Waals surface area contributed by atoms with E-state index in [1.54, 1.807) is 18.2 Å². The summed E-state index contributed by atoms with van der Waals surface area (Å²) in [5.41, 5.74) is 0.302. The van der Waals surface area contributed by atoms with Crippen LogP contribution in [0.25, 0.3) is 10.8 Å². The highest BCUT2D eigenvalue weighted by molar-refractivity contribution is 8.00. The molecule has 0 aliphatic carbocycles. The highest BCUT2D eigenvalue weighted by atomic mass is 32.2. The van der Waals surface area contributed by atoms with Gasteiger partial charge in [-0.1, -0.05) is 43.3 Å². The minimum Gasteiger partial charge on any atom is -0.478 e. The molecule has 1 unspecified atom stereocenters. The smallest absolute Gasteiger partial charge is 0.336 e. The Kier molecular flexibility index (Phi) is 8.08. The number of carboxylic acids is 2. The summed E-state index contributed by atoms with van der Waals surface area (Å²) in [6.45, 7) is 1.91. The normalized spacial score (nSPS) is 11.5. The average molecular weight is 529 g/mol. The number of anilines is 2. The van der Waals surface area contributed by atoms with Crippen molar-refractivity contribution in [1.29, 1.82) is 0 Å². The number of fused-ring (bicyclic) bond motifs is 1. The van der Waals surface area contributed by atoms with Gasteiger partial charge in [-0.3, -0.25) is 9.59 Å². The third-order valence-corrected chi connectivity index (χ3v) is 7.15. The first-order valence-electron chi connectivity index (χ1n) is 11.7. The average Bonchev–Trinajstić information content (AvgIpc) is 2.91. The van der Waals surface area contributed by atoms with Crippen molar-refractivity contribution in [2.75, 3.05) is 10.6 Å². The zero-order valence-corrected chi connectivity index (χ0v) is 21.1. The second-order valence-electron chi connectivity index (χ2n) is 8.42. The number of thioether (sulfide) groups is 1. The SMILES string of the molecule is CCC(Sc1cccc(NC(=O)c2ccc(C(=O)O)cc2C(=O)O)c1)C(=O)Nc1ccc2ccccc2c1. The highest BCUT2D eigenvalue weighted by Gasteiger charge is 2.21. The molecule has 0 aliphatic rings. The first-order valence-corrected chi connectivity index (χ1v) is 12.6. The summed E-state index contributed by atoms with van der Waals surface area (Å²) < 4.78 is 0. The summed E-state index contributed by atoms with van der Waals surface area (Å²) in [5, 5.41) is 25.9. The molecule has 1 atom stereocenters. The van der Waals surface area contributed by atoms with Crippen LogP contribution in [0.3, 0.4) is 0 Å². The summed E-state index contributed by atoms with van der Waals surface area (Å²) in [4.78, 5) is 49.4. The Morgan fingerprint density at radius 3 is 2.18 bits per heavy atom. The predicted molar refractivity (Wildman–Crippen MR) is 147 cm³/mol. The predicted octanol–water partition coefficient (Wildman–Crippen LogP) is 6.00. The van der Waals surface area contributed by atoms with Gasteiger partial charge in [-0.15, -0.1) is 11.8 Å². The summed E-state index contributed by atoms with van der Waals surface area (Å²) in [5.74, 6) is -3.54. The van der Waals surface area contributed by atoms with Crippen LogP contribution in [0.15, 0.2) is 89.8 Å². The van der Waals surface area contributed by atoms with Gasteiger partial charge in [0.05, 0.1) is 21.9 Å². The number of amides is 2. The maximum absolute atomic E-state index is 13.0. The van der Waals surface area contributed by atoms with Gasteiger partial charge in [0.1, 0.15) is 0 Å². The number of hydrogen-bond donors (Lipinski definition) is 4. The lowest BCUT2D eigenvalue weighted by Crippen LogP contribution is -2.24. The zero-order valence-electron chi connectivity index (χ0n) is 20.3. The summed E-state index contributed by atoms with van der Waals surface area (Å²) in [6, 6.07) is 23.8. The number of carbonyl (C=O) groups is 4. The Morgan fingerprint density at radius 2 is 1.47 bits per heavy atom. The highest BCUT2D eigenvalue weighted by Crippen LogP contribution is 2.29. The zero-order chi connectivity index (χ0) is 27.2. The molecule has 38 heavy (non-hydrogen) atoms. The molecular weight excluding hydrogens is 504 g/mol. The van der Waals surface area contributed by atoms with E-state index in [-0.39, 0.29) is 17.0 Å². The number of carboxylic acid groups (broad SMARTS) is 2. The Labute approximate surface area is 222 Å². The molecule has 0 aliphatic heterocycles. The van der Waals surface area contributed by atoms with E-state index in [4.69, 9.17) is 5.11 Å². The van der Waals surface area contributed by atoms with Gasteiger partial charge in [-0.2, -0.15) is 0 Å². The van der Waals surface area contributed by atoms with Gasteiger partial charge in [0.15, 0.2) is 0 Å². The summed E-state index contributed by atoms with van der Waals surface area (Å²) in [6.07, 6.45) is 0.568. The van der Waals surface area contributed by atoms with E-state index < -0.39 is 28.7 Å². The molecule has 0 spiro atoms. The van der Waals surface area contributed by atoms with Gasteiger partial charge in [0.2, 0.25) is 5.91 Å². The maximum Gasteiger partial charge on any atom is 0.336 e. The van der Waals surface area contributed by atoms with Crippen molar-refractivity contribution in [2.24, 2.45) is 0 Å². The molecule has 4 rings (SSSR count). The van der Waals surface area contributed by atoms with E-state index >= 15 is 0 Å². The number of benzene rings is 4. The Morgan fingerprint density at radius 1 is 0.737 bits per heavy atom. The molecule has 8 nitrogen and oxygen atoms in total. The van der Waals surface area contributed by atoms with Crippen molar-refractivity contribution in [3.8, 4) is 0 Å². The molecule has 2 amide bonds. The van der Waals surface area contributed by atoms with E-state index in [1.807, 2.05) is 55.5 Å². The maximum atomic E-state index is 13.0. The third kappa shape index (κ3) is 6.19. The minimum absolute atomic E-state index is 0.146. The second-order valence-corrected chi connectivity index (χ2v) is 9.69. The van der Waals surface area contributed by atoms with Crippen LogP contribution < -0.4 is 10.6 Å². The second kappa shape index (κ2) is 11.6. The molecule has 4 N–H and O–H groups in total. The Hall–Kier alpha value is -4.63. The largest absolute Gasteiger partial charge is 0.478 e. The van der Waals surface area contributed by atoms with Crippen molar-refractivity contribution in [3.05, 3.63) is 102 Å². The molecule has 0 fully saturated rings. The first kappa shape index (κ1) is 26.4. The van der Waals surface area contributed by atoms with Gasteiger partial charge >= 0.3 is 11.9 Å². The molecule has 4 aromatic rings. The fourth-order valence-corrected chi connectivity index (χ4v) is 4.89. The van der Waals surface area contributed by atoms with Crippen LogP contribution in [0, 0.1) is 0 Å². The van der Waals surface area contributed by atoms with E-state index in [1.165, 1.54) is 23.9 Å². The number of carbonyl (C=O) groups excluding carboxylic acids is 2. The van der Waals surface area contributed by atoms with E-state index in [9.17, 15) is 24.3 Å². The lowest BCUT2D eigenvalue weighted by Gasteiger charge is -2.16. The molecule has 0 heterocycles. The van der Waals surface area contributed by atoms with Crippen molar-refractivity contribution >= 4 is 57.7 Å². The van der Waals surface area contributed by atoms with Crippen molar-refractivity contribution < 1.29 is 29.4 Å². The number of hydrogen-bond acceptors (Lipinski definition) is 5. The van der Waals surface area contributed by atoms with E-state index in [0.29, 0.717) is 17.8 Å². The van der Waals surface area contributed by atoms with E-state index in [0.717, 1.165) is 21.7 Å². The van der Waals surface area contributed by atoms with Gasteiger partial charge in [0, 0.05) is 16.3 Å². The number of nitrogens with one attached hydrogen (secondary N) is 2. The summed E-state index contributed by atoms with van der Waals surface area (Å²) in [7, 11) is 0. The molecule has 0 saturated heterocycles. The number of aromatic carboxylic acids is 2. The lowest BCUT2D eigenvalue weighted by molar-refractivity contribution is -0.115. The lowest BCUT2D eigenvalue weighted by atomic mass is 10.0. The fourth-order valence-electron chi connectivity index (χ4n) is 3.87. The molecule has 0 saturated carbocycles. The van der Waals surface area contributed by atoms with Crippen molar-refractivity contribution in [1.82, 2.24) is 0 Å². The topological polar surface area (TPSA) is 133 Å². The first-order chi connectivity index (χ1) is 18.2. The van der Waals surface area contributed by atoms with E-state index in [2.05, 4.69) is 10.6 Å². The minimum atomic E-state index is -1.41. The molecule has 0 bridgehead atoms. The quantitative estimate of drug-likeness (QED) is 0.196. The van der Waals surface area contributed by atoms with Crippen molar-refractivity contribution in [2.45, 2.75) is 23.5 Å². The molecule has 192 valence electrons. The van der Waals surface area contributed by atoms with Gasteiger partial charge in [-0.25, -0.2) is 9.59 Å². The van der Waals surface area contributed by atoms with Crippen LogP contribution in [0.2, 0.25) is 0 Å². The molecule has 4 aromatic carbocycles. The third-order valence-electron chi connectivity index (χ3n) is 5.79. The molecule has 9 heteroatoms. The standard InChI is InChI=1S/C29H24N2O6S/c1-2-25(27(33)31-21-12-10-17-6-3-4-7-18(17)14-21)38-22-9-5-8-20(16-22)30-26(32)23-13-11-19(28(34)35)15-24(23)29(36)37/h3-16,25H,2H2,1H3,(H,30,32)(H,31,33)(H,34,35)(H,36,37). The van der Waals surface area contributed by atoms with Crippen LogP contribution in [-0.4, -0.2) is 39.2 Å². The Bertz CT molecular complexity index is 1550. The summed E-state index contributed by atoms with van der Waals surface area (Å²) >= 11 is 1.35. The fraction of sp³-hybridized carbons (Fsp3) is 0.103. The van der Waals surface area contributed by atoms with Crippen LogP contribution in [0.5, 0.6) is 0 Å². The van der Waals surface area contributed by atoms with Crippen LogP contribution in [-0.2, 0) is 4.79 Å². The van der Waals surface area contributed by atoms with Crippen molar-refractivity contribution in [3.63, 3.8) is 0 Å². The number of rotatable bonds is 9. The molecule has 0 aromatic heterocycles. The monoisotopic (exact) mass is 528 g/mol. The van der Waals surface area contributed by atoms with Gasteiger partial charge in [0.25, 0.3) is 5.91 Å². The molecule has 0 radical (unpaired) electrons. The van der Waals surface area contributed by atoms with Gasteiger partial charge < -0.3 is 20.8 Å². The van der Waals surface area contributed by atoms with Gasteiger partial charge in [-0.05, 0) is 65.7 Å². The van der Waals surface area contributed by atoms with Crippen LogP contribution >= 0.6 is 11.8 Å².